The van der Waals surface area contributed by atoms with E-state index in [0.717, 1.165) is 16.9 Å². The van der Waals surface area contributed by atoms with Gasteiger partial charge in [-0.3, -0.25) is 4.79 Å². The maximum atomic E-state index is 12.2. The van der Waals surface area contributed by atoms with Crippen LogP contribution in [-0.4, -0.2) is 33.1 Å². The van der Waals surface area contributed by atoms with Crippen molar-refractivity contribution in [2.75, 3.05) is 21.3 Å². The molecule has 2 aromatic rings. The molecular weight excluding hydrogens is 320 g/mol. The molecule has 0 saturated carbocycles. The third kappa shape index (κ3) is 3.47. The molecule has 0 saturated heterocycles. The summed E-state index contributed by atoms with van der Waals surface area (Å²) in [5.74, 6) is 2.17. The van der Waals surface area contributed by atoms with E-state index in [-0.39, 0.29) is 5.91 Å². The molecule has 25 heavy (non-hydrogen) atoms. The van der Waals surface area contributed by atoms with Gasteiger partial charge in [0.25, 0.3) is 5.91 Å². The summed E-state index contributed by atoms with van der Waals surface area (Å²) in [6.07, 6.45) is 1.72. The van der Waals surface area contributed by atoms with E-state index in [0.29, 0.717) is 23.0 Å². The summed E-state index contributed by atoms with van der Waals surface area (Å²) in [7, 11) is 4.74. The number of carbonyl (C=O) groups is 1. The molecule has 0 atom stereocenters. The van der Waals surface area contributed by atoms with Crippen molar-refractivity contribution in [1.82, 2.24) is 5.32 Å². The van der Waals surface area contributed by atoms with Crippen LogP contribution >= 0.6 is 0 Å². The van der Waals surface area contributed by atoms with E-state index < -0.39 is 0 Å². The zero-order valence-corrected chi connectivity index (χ0v) is 14.2. The Morgan fingerprint density at radius 2 is 1.64 bits per heavy atom. The Hall–Kier alpha value is -3.28. The smallest absolute Gasteiger partial charge is 0.275 e. The van der Waals surface area contributed by atoms with Gasteiger partial charge in [-0.15, -0.1) is 0 Å². The van der Waals surface area contributed by atoms with Crippen molar-refractivity contribution in [3.8, 4) is 17.2 Å². The highest BCUT2D eigenvalue weighted by atomic mass is 16.5. The van der Waals surface area contributed by atoms with Gasteiger partial charge in [-0.1, -0.05) is 12.1 Å². The number of hydrogen-bond donors (Lipinski definition) is 1. The monoisotopic (exact) mass is 338 g/mol. The minimum atomic E-state index is -0.249. The Balaban J connectivity index is 1.90. The first kappa shape index (κ1) is 16.6. The lowest BCUT2D eigenvalue weighted by atomic mass is 10.2. The zero-order valence-electron chi connectivity index (χ0n) is 14.2. The Labute approximate surface area is 145 Å². The second-order valence-electron chi connectivity index (χ2n) is 5.29. The van der Waals surface area contributed by atoms with Crippen molar-refractivity contribution >= 4 is 17.8 Å². The predicted molar refractivity (Wildman–Crippen MR) is 95.2 cm³/mol. The zero-order chi connectivity index (χ0) is 17.8. The predicted octanol–water partition coefficient (Wildman–Crippen LogP) is 2.63. The van der Waals surface area contributed by atoms with E-state index >= 15 is 0 Å². The highest BCUT2D eigenvalue weighted by Gasteiger charge is 2.22. The minimum Gasteiger partial charge on any atom is -0.497 e. The standard InChI is InChI=1S/C19H18N2O4/c1-23-14-7-4-12(5-8-14)10-15-19(22)21-18(20-15)13-6-9-16(24-2)17(11-13)25-3/h4-11H,1-3H3,(H,20,21,22)/b15-10+. The van der Waals surface area contributed by atoms with Crippen LogP contribution in [0, 0.1) is 0 Å². The first-order valence-electron chi connectivity index (χ1n) is 7.63. The van der Waals surface area contributed by atoms with Crippen molar-refractivity contribution in [3.63, 3.8) is 0 Å². The summed E-state index contributed by atoms with van der Waals surface area (Å²) >= 11 is 0. The van der Waals surface area contributed by atoms with Gasteiger partial charge in [0.15, 0.2) is 11.5 Å². The first-order valence-corrected chi connectivity index (χ1v) is 7.63. The summed E-state index contributed by atoms with van der Waals surface area (Å²) in [5, 5.41) is 2.77. The topological polar surface area (TPSA) is 69.2 Å². The van der Waals surface area contributed by atoms with Crippen molar-refractivity contribution in [1.29, 1.82) is 0 Å². The van der Waals surface area contributed by atoms with E-state index in [2.05, 4.69) is 10.3 Å². The van der Waals surface area contributed by atoms with Gasteiger partial charge < -0.3 is 19.5 Å². The van der Waals surface area contributed by atoms with E-state index in [9.17, 15) is 4.79 Å². The molecule has 6 nitrogen and oxygen atoms in total. The van der Waals surface area contributed by atoms with Crippen molar-refractivity contribution in [2.24, 2.45) is 4.99 Å². The number of nitrogens with one attached hydrogen (secondary N) is 1. The lowest BCUT2D eigenvalue weighted by Gasteiger charge is -2.09. The number of ether oxygens (including phenoxy) is 3. The molecule has 0 fully saturated rings. The van der Waals surface area contributed by atoms with Crippen LogP contribution in [0.3, 0.4) is 0 Å². The molecule has 3 rings (SSSR count). The van der Waals surface area contributed by atoms with Crippen LogP contribution in [0.4, 0.5) is 0 Å². The fraction of sp³-hybridized carbons (Fsp3) is 0.158. The Morgan fingerprint density at radius 1 is 0.920 bits per heavy atom. The number of carbonyl (C=O) groups excluding carboxylic acids is 1. The van der Waals surface area contributed by atoms with Gasteiger partial charge in [0.1, 0.15) is 17.3 Å². The first-order chi connectivity index (χ1) is 12.1. The Kier molecular flexibility index (Phi) is 4.70. The number of nitrogens with zero attached hydrogens (tertiary/aromatic N) is 1. The summed E-state index contributed by atoms with van der Waals surface area (Å²) in [6, 6.07) is 12.8. The number of hydrogen-bond acceptors (Lipinski definition) is 5. The molecule has 0 aliphatic carbocycles. The van der Waals surface area contributed by atoms with E-state index in [4.69, 9.17) is 14.2 Å². The van der Waals surface area contributed by atoms with Crippen molar-refractivity contribution in [3.05, 3.63) is 59.3 Å². The van der Waals surface area contributed by atoms with Gasteiger partial charge in [-0.25, -0.2) is 4.99 Å². The van der Waals surface area contributed by atoms with Gasteiger partial charge in [0.05, 0.1) is 21.3 Å². The number of rotatable bonds is 5. The van der Waals surface area contributed by atoms with Crippen LogP contribution < -0.4 is 19.5 Å². The third-order valence-electron chi connectivity index (χ3n) is 3.77. The largest absolute Gasteiger partial charge is 0.497 e. The Morgan fingerprint density at radius 3 is 2.28 bits per heavy atom. The van der Waals surface area contributed by atoms with E-state index in [1.165, 1.54) is 0 Å². The van der Waals surface area contributed by atoms with Crippen molar-refractivity contribution < 1.29 is 19.0 Å². The average Bonchev–Trinajstić information content (AvgIpc) is 3.02. The fourth-order valence-corrected chi connectivity index (χ4v) is 2.45. The van der Waals surface area contributed by atoms with Gasteiger partial charge >= 0.3 is 0 Å². The second kappa shape index (κ2) is 7.09. The maximum Gasteiger partial charge on any atom is 0.275 e. The summed E-state index contributed by atoms with van der Waals surface area (Å²) in [4.78, 5) is 16.6. The molecule has 0 bridgehead atoms. The molecular formula is C19H18N2O4. The van der Waals surface area contributed by atoms with Crippen LogP contribution in [0.25, 0.3) is 6.08 Å². The normalized spacial score (nSPS) is 14.9. The molecule has 1 heterocycles. The molecule has 0 spiro atoms. The molecule has 0 aromatic heterocycles. The quantitative estimate of drug-likeness (QED) is 0.851. The van der Waals surface area contributed by atoms with Crippen LogP contribution in [0.5, 0.6) is 17.2 Å². The molecule has 1 aliphatic heterocycles. The molecule has 2 aromatic carbocycles. The number of aliphatic imine (C=N–C) groups is 1. The number of methoxy groups -OCH3 is 3. The lowest BCUT2D eigenvalue weighted by molar-refractivity contribution is -0.115. The maximum absolute atomic E-state index is 12.2. The summed E-state index contributed by atoms with van der Waals surface area (Å²) < 4.78 is 15.6. The molecule has 0 radical (unpaired) electrons. The van der Waals surface area contributed by atoms with Crippen LogP contribution in [0.2, 0.25) is 0 Å². The van der Waals surface area contributed by atoms with Gasteiger partial charge in [-0.2, -0.15) is 0 Å². The summed E-state index contributed by atoms with van der Waals surface area (Å²) in [5.41, 5.74) is 1.95. The van der Waals surface area contributed by atoms with Gasteiger partial charge in [0.2, 0.25) is 0 Å². The number of benzene rings is 2. The third-order valence-corrected chi connectivity index (χ3v) is 3.77. The lowest BCUT2D eigenvalue weighted by Crippen LogP contribution is -2.24. The molecule has 128 valence electrons. The molecule has 1 N–H and O–H groups in total. The molecule has 6 heteroatoms. The highest BCUT2D eigenvalue weighted by Crippen LogP contribution is 2.28. The molecule has 1 aliphatic rings. The summed E-state index contributed by atoms with van der Waals surface area (Å²) in [6.45, 7) is 0. The van der Waals surface area contributed by atoms with E-state index in [1.807, 2.05) is 30.3 Å². The number of amidine groups is 1. The van der Waals surface area contributed by atoms with Crippen LogP contribution in [0.1, 0.15) is 11.1 Å². The van der Waals surface area contributed by atoms with Gasteiger partial charge in [0, 0.05) is 5.56 Å². The van der Waals surface area contributed by atoms with Crippen molar-refractivity contribution in [2.45, 2.75) is 0 Å². The SMILES string of the molecule is COc1ccc(/C=C2/N=C(c3ccc(OC)c(OC)c3)NC2=O)cc1. The van der Waals surface area contributed by atoms with E-state index in [1.54, 1.807) is 39.5 Å². The van der Waals surface area contributed by atoms with Gasteiger partial charge in [-0.05, 0) is 42.0 Å². The number of amides is 1. The minimum absolute atomic E-state index is 0.249. The average molecular weight is 338 g/mol. The molecule has 0 unspecified atom stereocenters. The van der Waals surface area contributed by atoms with Crippen LogP contribution in [0.15, 0.2) is 53.2 Å². The second-order valence-corrected chi connectivity index (χ2v) is 5.29. The van der Waals surface area contributed by atoms with Crippen LogP contribution in [-0.2, 0) is 4.79 Å². The Bertz CT molecular complexity index is 854. The fourth-order valence-electron chi connectivity index (χ4n) is 2.45. The highest BCUT2D eigenvalue weighted by molar-refractivity contribution is 6.19. The molecule has 1 amide bonds.